The first kappa shape index (κ1) is 26.4. The van der Waals surface area contributed by atoms with Crippen LogP contribution in [0.2, 0.25) is 0 Å². The van der Waals surface area contributed by atoms with E-state index in [-0.39, 0.29) is 12.0 Å². The molecule has 2 atom stereocenters. The molecule has 0 saturated heterocycles. The van der Waals surface area contributed by atoms with Gasteiger partial charge in [-0.3, -0.25) is 4.99 Å². The van der Waals surface area contributed by atoms with Crippen molar-refractivity contribution in [2.24, 2.45) is 10.9 Å². The number of fused-ring (bicyclic) bond motifs is 2. The van der Waals surface area contributed by atoms with Gasteiger partial charge < -0.3 is 0 Å². The van der Waals surface area contributed by atoms with E-state index in [9.17, 15) is 0 Å². The summed E-state index contributed by atoms with van der Waals surface area (Å²) in [6.07, 6.45) is 12.3. The number of hydrogen-bond donors (Lipinski definition) is 0. The molecule has 6 aromatic rings. The van der Waals surface area contributed by atoms with Gasteiger partial charge in [0.15, 0.2) is 5.82 Å². The Hall–Kier alpha value is -5.48. The van der Waals surface area contributed by atoms with E-state index in [4.69, 9.17) is 15.0 Å². The Balaban J connectivity index is 1.21. The standard InChI is InChI=1S/C39H30N4/c1-3-9-29-18-19-30-20-23-36(43-38(30)37(29)40-2)28-16-14-27(15-17-28)32-21-22-35(34-13-8-7-12-33(32)34)39-41-24-31(25-42-39)26-10-5-4-6-11-26/h3-25,29,37H,2H2,1H3/b9-3-. The van der Waals surface area contributed by atoms with Gasteiger partial charge in [-0.1, -0.05) is 115 Å². The van der Waals surface area contributed by atoms with Gasteiger partial charge in [0, 0.05) is 35.0 Å². The molecule has 4 aromatic carbocycles. The molecule has 0 N–H and O–H groups in total. The van der Waals surface area contributed by atoms with Gasteiger partial charge in [0.1, 0.15) is 6.04 Å². The summed E-state index contributed by atoms with van der Waals surface area (Å²) in [5, 5.41) is 2.29. The van der Waals surface area contributed by atoms with Crippen LogP contribution in [0.3, 0.4) is 0 Å². The third kappa shape index (κ3) is 4.98. The van der Waals surface area contributed by atoms with Gasteiger partial charge in [-0.15, -0.1) is 0 Å². The summed E-state index contributed by atoms with van der Waals surface area (Å²) in [6, 6.07) is 35.8. The molecule has 4 nitrogen and oxygen atoms in total. The molecule has 2 unspecified atom stereocenters. The molecule has 0 fully saturated rings. The molecule has 0 aliphatic heterocycles. The molecule has 1 aliphatic rings. The minimum Gasteiger partial charge on any atom is -0.290 e. The monoisotopic (exact) mass is 554 g/mol. The molecule has 0 saturated carbocycles. The summed E-state index contributed by atoms with van der Waals surface area (Å²) in [6.45, 7) is 5.89. The van der Waals surface area contributed by atoms with Crippen LogP contribution in [0, 0.1) is 5.92 Å². The fraction of sp³-hybridized carbons (Fsp3) is 0.0769. The second-order valence-electron chi connectivity index (χ2n) is 10.7. The maximum atomic E-state index is 5.06. The quantitative estimate of drug-likeness (QED) is 0.152. The van der Waals surface area contributed by atoms with E-state index < -0.39 is 0 Å². The molecule has 206 valence electrons. The van der Waals surface area contributed by atoms with Crippen molar-refractivity contribution in [1.29, 1.82) is 0 Å². The third-order valence-corrected chi connectivity index (χ3v) is 8.13. The molecule has 43 heavy (non-hydrogen) atoms. The van der Waals surface area contributed by atoms with E-state index in [2.05, 4.69) is 121 Å². The highest BCUT2D eigenvalue weighted by atomic mass is 14.9. The average molecular weight is 555 g/mol. The predicted octanol–water partition coefficient (Wildman–Crippen LogP) is 9.65. The highest BCUT2D eigenvalue weighted by molar-refractivity contribution is 6.04. The number of allylic oxidation sites excluding steroid dienone is 1. The second kappa shape index (κ2) is 11.4. The molecule has 7 rings (SSSR count). The van der Waals surface area contributed by atoms with E-state index in [0.717, 1.165) is 61.4 Å². The van der Waals surface area contributed by atoms with E-state index >= 15 is 0 Å². The maximum absolute atomic E-state index is 5.06. The number of pyridine rings is 1. The fourth-order valence-electron chi connectivity index (χ4n) is 5.94. The minimum atomic E-state index is -0.0844. The van der Waals surface area contributed by atoms with Gasteiger partial charge in [0.25, 0.3) is 0 Å². The van der Waals surface area contributed by atoms with Crippen molar-refractivity contribution in [2.75, 3.05) is 0 Å². The second-order valence-corrected chi connectivity index (χ2v) is 10.7. The molecule has 0 bridgehead atoms. The van der Waals surface area contributed by atoms with E-state index in [1.807, 2.05) is 37.5 Å². The van der Waals surface area contributed by atoms with Crippen LogP contribution in [0.5, 0.6) is 0 Å². The van der Waals surface area contributed by atoms with Crippen molar-refractivity contribution in [3.63, 3.8) is 0 Å². The Morgan fingerprint density at radius 1 is 0.674 bits per heavy atom. The molecular formula is C39H30N4. The molecule has 4 heteroatoms. The lowest BCUT2D eigenvalue weighted by Gasteiger charge is -2.24. The van der Waals surface area contributed by atoms with Gasteiger partial charge in [-0.25, -0.2) is 15.0 Å². The SMILES string of the molecule is C=NC1c2nc(-c3ccc(-c4ccc(-c5ncc(-c6ccccc6)cn5)c5ccccc45)cc3)ccc2C=CC1/C=C\C. The lowest BCUT2D eigenvalue weighted by atomic mass is 9.87. The molecular weight excluding hydrogens is 524 g/mol. The molecule has 0 amide bonds. The largest absolute Gasteiger partial charge is 0.290 e. The van der Waals surface area contributed by atoms with Gasteiger partial charge in [0.2, 0.25) is 0 Å². The predicted molar refractivity (Wildman–Crippen MR) is 179 cm³/mol. The Kier molecular flexibility index (Phi) is 7.02. The Labute approximate surface area is 251 Å². The maximum Gasteiger partial charge on any atom is 0.159 e. The summed E-state index contributed by atoms with van der Waals surface area (Å²) in [7, 11) is 0. The van der Waals surface area contributed by atoms with E-state index in [0.29, 0.717) is 0 Å². The highest BCUT2D eigenvalue weighted by Gasteiger charge is 2.25. The number of benzene rings is 4. The smallest absolute Gasteiger partial charge is 0.159 e. The number of nitrogens with zero attached hydrogens (tertiary/aromatic N) is 4. The van der Waals surface area contributed by atoms with Gasteiger partial charge in [-0.2, -0.15) is 0 Å². The summed E-state index contributed by atoms with van der Waals surface area (Å²) in [5.74, 6) is 0.888. The first-order chi connectivity index (χ1) is 21.2. The molecule has 0 spiro atoms. The first-order valence-corrected chi connectivity index (χ1v) is 14.5. The van der Waals surface area contributed by atoms with Crippen LogP contribution in [-0.4, -0.2) is 21.7 Å². The van der Waals surface area contributed by atoms with Crippen LogP contribution < -0.4 is 0 Å². The number of rotatable bonds is 6. The Morgan fingerprint density at radius 2 is 1.35 bits per heavy atom. The minimum absolute atomic E-state index is 0.0844. The van der Waals surface area contributed by atoms with Crippen molar-refractivity contribution < 1.29 is 0 Å². The summed E-state index contributed by atoms with van der Waals surface area (Å²) < 4.78 is 0. The van der Waals surface area contributed by atoms with Crippen LogP contribution in [0.4, 0.5) is 0 Å². The van der Waals surface area contributed by atoms with Gasteiger partial charge in [-0.05, 0) is 58.8 Å². The lowest BCUT2D eigenvalue weighted by molar-refractivity contribution is 0.601. The zero-order valence-electron chi connectivity index (χ0n) is 23.9. The number of aliphatic imine (C=N–C) groups is 1. The van der Waals surface area contributed by atoms with Gasteiger partial charge >= 0.3 is 0 Å². The zero-order chi connectivity index (χ0) is 29.2. The van der Waals surface area contributed by atoms with Crippen LogP contribution in [0.1, 0.15) is 24.2 Å². The molecule has 1 aliphatic carbocycles. The van der Waals surface area contributed by atoms with Crippen molar-refractivity contribution in [3.05, 3.63) is 145 Å². The topological polar surface area (TPSA) is 51.0 Å². The zero-order valence-corrected chi connectivity index (χ0v) is 23.9. The summed E-state index contributed by atoms with van der Waals surface area (Å²) in [4.78, 5) is 19.0. The van der Waals surface area contributed by atoms with Gasteiger partial charge in [0.05, 0.1) is 11.4 Å². The third-order valence-electron chi connectivity index (χ3n) is 8.13. The summed E-state index contributed by atoms with van der Waals surface area (Å²) >= 11 is 0. The Bertz CT molecular complexity index is 1990. The van der Waals surface area contributed by atoms with Crippen LogP contribution >= 0.6 is 0 Å². The normalized spacial score (nSPS) is 15.9. The van der Waals surface area contributed by atoms with Crippen LogP contribution in [-0.2, 0) is 0 Å². The molecule has 0 radical (unpaired) electrons. The van der Waals surface area contributed by atoms with Crippen molar-refractivity contribution >= 4 is 23.6 Å². The van der Waals surface area contributed by atoms with E-state index in [1.165, 1.54) is 5.56 Å². The van der Waals surface area contributed by atoms with Crippen molar-refractivity contribution in [1.82, 2.24) is 15.0 Å². The van der Waals surface area contributed by atoms with Crippen molar-refractivity contribution in [3.8, 4) is 44.9 Å². The Morgan fingerprint density at radius 3 is 2.07 bits per heavy atom. The van der Waals surface area contributed by atoms with Crippen LogP contribution in [0.25, 0.3) is 61.7 Å². The highest BCUT2D eigenvalue weighted by Crippen LogP contribution is 2.38. The first-order valence-electron chi connectivity index (χ1n) is 14.5. The lowest BCUT2D eigenvalue weighted by Crippen LogP contribution is -2.14. The average Bonchev–Trinajstić information content (AvgIpc) is 3.08. The van der Waals surface area contributed by atoms with Crippen molar-refractivity contribution in [2.45, 2.75) is 13.0 Å². The number of aromatic nitrogens is 3. The number of hydrogen-bond acceptors (Lipinski definition) is 4. The van der Waals surface area contributed by atoms with E-state index in [1.54, 1.807) is 0 Å². The fourth-order valence-corrected chi connectivity index (χ4v) is 5.94. The summed E-state index contributed by atoms with van der Waals surface area (Å²) in [5.41, 5.74) is 9.52. The molecule has 2 aromatic heterocycles. The van der Waals surface area contributed by atoms with Crippen LogP contribution in [0.15, 0.2) is 139 Å². The molecule has 2 heterocycles.